The minimum Gasteiger partial charge on any atom is -0.464 e. The van der Waals surface area contributed by atoms with Gasteiger partial charge in [0.05, 0.1) is 12.8 Å². The van der Waals surface area contributed by atoms with E-state index in [0.717, 1.165) is 15.6 Å². The number of rotatable bonds is 6. The van der Waals surface area contributed by atoms with Crippen LogP contribution < -0.4 is 0 Å². The third-order valence-electron chi connectivity index (χ3n) is 4.94. The van der Waals surface area contributed by atoms with E-state index >= 15 is 0 Å². The Bertz CT molecular complexity index is 1200. The summed E-state index contributed by atoms with van der Waals surface area (Å²) in [6, 6.07) is 27.0. The molecule has 3 aromatic carbocycles. The second-order valence-electron chi connectivity index (χ2n) is 6.90. The van der Waals surface area contributed by atoms with Gasteiger partial charge in [0.1, 0.15) is 6.04 Å². The van der Waals surface area contributed by atoms with Gasteiger partial charge < -0.3 is 4.74 Å². The topological polar surface area (TPSA) is 61.2 Å². The number of halogens is 1. The molecule has 4 aromatic rings. The van der Waals surface area contributed by atoms with Gasteiger partial charge in [-0.1, -0.05) is 88.7 Å². The molecule has 0 amide bonds. The van der Waals surface area contributed by atoms with E-state index in [1.54, 1.807) is 22.9 Å². The fourth-order valence-electron chi connectivity index (χ4n) is 3.43. The van der Waals surface area contributed by atoms with Crippen LogP contribution in [0.5, 0.6) is 0 Å². The summed E-state index contributed by atoms with van der Waals surface area (Å²) in [6.07, 6.45) is 0. The van der Waals surface area contributed by atoms with Crippen LogP contribution >= 0.6 is 15.9 Å². The molecule has 0 saturated heterocycles. The third kappa shape index (κ3) is 4.34. The highest BCUT2D eigenvalue weighted by atomic mass is 79.9. The van der Waals surface area contributed by atoms with Gasteiger partial charge in [-0.2, -0.15) is 5.10 Å². The molecule has 154 valence electrons. The predicted octanol–water partition coefficient (Wildman–Crippen LogP) is 5.57. The average Bonchev–Trinajstić information content (AvgIpc) is 3.25. The van der Waals surface area contributed by atoms with Gasteiger partial charge >= 0.3 is 5.97 Å². The van der Waals surface area contributed by atoms with Gasteiger partial charge in [-0.25, -0.2) is 9.48 Å². The van der Waals surface area contributed by atoms with E-state index in [1.165, 1.54) is 7.11 Å². The Labute approximate surface area is 188 Å². The number of methoxy groups -OCH3 is 1. The van der Waals surface area contributed by atoms with Crippen molar-refractivity contribution in [2.24, 2.45) is 0 Å². The van der Waals surface area contributed by atoms with Gasteiger partial charge in [0.15, 0.2) is 11.5 Å². The molecule has 6 heteroatoms. The first kappa shape index (κ1) is 20.8. The second kappa shape index (κ2) is 9.10. The zero-order valence-corrected chi connectivity index (χ0v) is 18.3. The Balaban J connectivity index is 1.93. The second-order valence-corrected chi connectivity index (χ2v) is 7.82. The van der Waals surface area contributed by atoms with E-state index in [4.69, 9.17) is 4.74 Å². The predicted molar refractivity (Wildman–Crippen MR) is 122 cm³/mol. The molecule has 0 bridgehead atoms. The summed E-state index contributed by atoms with van der Waals surface area (Å²) >= 11 is 3.44. The van der Waals surface area contributed by atoms with Crippen LogP contribution in [-0.2, 0) is 4.74 Å². The molecule has 0 aliphatic rings. The molecule has 31 heavy (non-hydrogen) atoms. The van der Waals surface area contributed by atoms with Crippen LogP contribution in [0.15, 0.2) is 95.5 Å². The number of carbonyl (C=O) groups is 2. The largest absolute Gasteiger partial charge is 0.464 e. The number of ketones is 1. The number of nitrogens with zero attached hydrogens (tertiary/aromatic N) is 2. The molecular weight excluding hydrogens is 456 g/mol. The monoisotopic (exact) mass is 474 g/mol. The number of carbonyl (C=O) groups excluding carboxylic acids is 2. The van der Waals surface area contributed by atoms with Crippen molar-refractivity contribution >= 4 is 27.7 Å². The summed E-state index contributed by atoms with van der Waals surface area (Å²) in [5.41, 5.74) is 2.95. The fraction of sp³-hybridized carbons (Fsp3) is 0.0800. The van der Waals surface area contributed by atoms with E-state index in [-0.39, 0.29) is 11.5 Å². The Morgan fingerprint density at radius 2 is 1.52 bits per heavy atom. The van der Waals surface area contributed by atoms with Crippen LogP contribution in [0, 0.1) is 0 Å². The molecule has 0 N–H and O–H groups in total. The molecule has 0 aliphatic heterocycles. The number of ether oxygens (including phenoxy) is 1. The van der Waals surface area contributed by atoms with Gasteiger partial charge in [0.25, 0.3) is 0 Å². The van der Waals surface area contributed by atoms with Crippen molar-refractivity contribution in [3.8, 4) is 11.3 Å². The number of esters is 1. The summed E-state index contributed by atoms with van der Waals surface area (Å²) in [5.74, 6) is -0.680. The number of benzene rings is 3. The van der Waals surface area contributed by atoms with Crippen molar-refractivity contribution < 1.29 is 14.3 Å². The molecule has 4 rings (SSSR count). The van der Waals surface area contributed by atoms with Crippen molar-refractivity contribution in [3.63, 3.8) is 0 Å². The molecule has 1 atom stereocenters. The highest BCUT2D eigenvalue weighted by Crippen LogP contribution is 2.31. The average molecular weight is 475 g/mol. The van der Waals surface area contributed by atoms with Crippen LogP contribution in [-0.4, -0.2) is 28.6 Å². The number of hydrogen-bond acceptors (Lipinski definition) is 4. The standard InChI is InChI=1S/C25H19BrN2O3/c1-31-25(30)21-16-22(17-12-14-20(26)15-13-17)28(27-21)23(18-8-4-2-5-9-18)24(29)19-10-6-3-7-11-19/h2-16,23H,1H3. The van der Waals surface area contributed by atoms with Gasteiger partial charge in [-0.15, -0.1) is 0 Å². The maximum atomic E-state index is 13.6. The number of Topliss-reactive ketones (excluding diaryl/α,β-unsaturated/α-hetero) is 1. The summed E-state index contributed by atoms with van der Waals surface area (Å²) in [5, 5.41) is 4.51. The van der Waals surface area contributed by atoms with E-state index in [0.29, 0.717) is 11.3 Å². The summed E-state index contributed by atoms with van der Waals surface area (Å²) in [4.78, 5) is 25.9. The van der Waals surface area contributed by atoms with Crippen molar-refractivity contribution in [3.05, 3.63) is 112 Å². The zero-order valence-electron chi connectivity index (χ0n) is 16.7. The quantitative estimate of drug-likeness (QED) is 0.270. The van der Waals surface area contributed by atoms with Crippen molar-refractivity contribution in [1.29, 1.82) is 0 Å². The van der Waals surface area contributed by atoms with Crippen molar-refractivity contribution in [1.82, 2.24) is 9.78 Å². The fourth-order valence-corrected chi connectivity index (χ4v) is 3.70. The van der Waals surface area contributed by atoms with Crippen LogP contribution in [0.2, 0.25) is 0 Å². The maximum Gasteiger partial charge on any atom is 0.358 e. The third-order valence-corrected chi connectivity index (χ3v) is 5.47. The Morgan fingerprint density at radius 1 is 0.903 bits per heavy atom. The van der Waals surface area contributed by atoms with Crippen LogP contribution in [0.4, 0.5) is 0 Å². The van der Waals surface area contributed by atoms with Gasteiger partial charge in [0, 0.05) is 10.0 Å². The molecular formula is C25H19BrN2O3. The highest BCUT2D eigenvalue weighted by Gasteiger charge is 2.29. The van der Waals surface area contributed by atoms with Crippen molar-refractivity contribution in [2.45, 2.75) is 6.04 Å². The smallest absolute Gasteiger partial charge is 0.358 e. The highest BCUT2D eigenvalue weighted by molar-refractivity contribution is 9.10. The summed E-state index contributed by atoms with van der Waals surface area (Å²) in [6.45, 7) is 0. The Hall–Kier alpha value is -3.51. The lowest BCUT2D eigenvalue weighted by Crippen LogP contribution is -2.23. The first-order valence-electron chi connectivity index (χ1n) is 9.66. The Kier molecular flexibility index (Phi) is 6.09. The Morgan fingerprint density at radius 3 is 2.13 bits per heavy atom. The number of aromatic nitrogens is 2. The molecule has 0 fully saturated rings. The minimum atomic E-state index is -0.749. The summed E-state index contributed by atoms with van der Waals surface area (Å²) in [7, 11) is 1.31. The lowest BCUT2D eigenvalue weighted by atomic mass is 9.97. The first-order valence-corrected chi connectivity index (χ1v) is 10.5. The van der Waals surface area contributed by atoms with E-state index in [1.807, 2.05) is 72.8 Å². The van der Waals surface area contributed by atoms with E-state index in [2.05, 4.69) is 21.0 Å². The van der Waals surface area contributed by atoms with E-state index in [9.17, 15) is 9.59 Å². The minimum absolute atomic E-state index is 0.121. The lowest BCUT2D eigenvalue weighted by Gasteiger charge is -2.20. The summed E-state index contributed by atoms with van der Waals surface area (Å²) < 4.78 is 7.42. The molecule has 1 heterocycles. The van der Waals surface area contributed by atoms with E-state index < -0.39 is 12.0 Å². The normalized spacial score (nSPS) is 11.7. The molecule has 0 aliphatic carbocycles. The molecule has 0 saturated carbocycles. The first-order chi connectivity index (χ1) is 15.1. The van der Waals surface area contributed by atoms with Crippen LogP contribution in [0.3, 0.4) is 0 Å². The van der Waals surface area contributed by atoms with Crippen LogP contribution in [0.25, 0.3) is 11.3 Å². The molecule has 1 aromatic heterocycles. The van der Waals surface area contributed by atoms with Gasteiger partial charge in [-0.05, 0) is 29.3 Å². The molecule has 5 nitrogen and oxygen atoms in total. The molecule has 1 unspecified atom stereocenters. The SMILES string of the molecule is COC(=O)c1cc(-c2ccc(Br)cc2)n(C(C(=O)c2ccccc2)c2ccccc2)n1. The maximum absolute atomic E-state index is 13.6. The van der Waals surface area contributed by atoms with Gasteiger partial charge in [-0.3, -0.25) is 4.79 Å². The van der Waals surface area contributed by atoms with Crippen molar-refractivity contribution in [2.75, 3.05) is 7.11 Å². The zero-order chi connectivity index (χ0) is 21.8. The van der Waals surface area contributed by atoms with Crippen LogP contribution in [0.1, 0.15) is 32.5 Å². The van der Waals surface area contributed by atoms with Gasteiger partial charge in [0.2, 0.25) is 0 Å². The number of hydrogen-bond donors (Lipinski definition) is 0. The molecule has 0 radical (unpaired) electrons. The molecule has 0 spiro atoms. The lowest BCUT2D eigenvalue weighted by molar-refractivity contribution is 0.0591.